The summed E-state index contributed by atoms with van der Waals surface area (Å²) in [4.78, 5) is 10.5. The molecule has 0 aromatic carbocycles. The molecule has 0 aliphatic rings. The van der Waals surface area contributed by atoms with Crippen LogP contribution in [0.1, 0.15) is 12.8 Å². The van der Waals surface area contributed by atoms with Gasteiger partial charge in [0, 0.05) is 0 Å². The second kappa shape index (κ2) is 6.00. The van der Waals surface area contributed by atoms with Crippen molar-refractivity contribution in [3.05, 3.63) is 0 Å². The topological polar surface area (TPSA) is 26.3 Å². The van der Waals surface area contributed by atoms with Crippen molar-refractivity contribution in [3.63, 3.8) is 0 Å². The summed E-state index contributed by atoms with van der Waals surface area (Å²) >= 11 is 8.67. The SMILES string of the molecule is COC(=O)CCC(=S)SS. The monoisotopic (exact) mass is 196 g/mol. The summed E-state index contributed by atoms with van der Waals surface area (Å²) < 4.78 is 5.13. The van der Waals surface area contributed by atoms with Crippen molar-refractivity contribution in [2.24, 2.45) is 0 Å². The molecule has 0 heterocycles. The minimum Gasteiger partial charge on any atom is -0.469 e. The van der Waals surface area contributed by atoms with Gasteiger partial charge in [-0.05, 0) is 6.42 Å². The van der Waals surface area contributed by atoms with E-state index in [4.69, 9.17) is 12.2 Å². The molecule has 0 aromatic rings. The maximum Gasteiger partial charge on any atom is 0.305 e. The van der Waals surface area contributed by atoms with E-state index in [0.717, 1.165) is 0 Å². The molecule has 2 nitrogen and oxygen atoms in total. The highest BCUT2D eigenvalue weighted by Crippen LogP contribution is 2.13. The highest BCUT2D eigenvalue weighted by molar-refractivity contribution is 8.76. The molecule has 0 spiro atoms. The molecule has 58 valence electrons. The first-order valence-electron chi connectivity index (χ1n) is 2.61. The number of ether oxygens (including phenoxy) is 1. The molecule has 0 amide bonds. The van der Waals surface area contributed by atoms with Gasteiger partial charge >= 0.3 is 5.97 Å². The molecular formula is C5H8O2S3. The average molecular weight is 196 g/mol. The van der Waals surface area contributed by atoms with Crippen molar-refractivity contribution >= 4 is 44.8 Å². The Kier molecular flexibility index (Phi) is 6.16. The second-order valence-electron chi connectivity index (χ2n) is 1.54. The number of esters is 1. The Morgan fingerprint density at radius 1 is 1.70 bits per heavy atom. The Morgan fingerprint density at radius 3 is 2.70 bits per heavy atom. The fraction of sp³-hybridized carbons (Fsp3) is 0.600. The molecule has 0 N–H and O–H groups in total. The van der Waals surface area contributed by atoms with Crippen LogP contribution in [0.4, 0.5) is 0 Å². The number of thiocarbonyl (C=S) groups is 1. The van der Waals surface area contributed by atoms with Crippen molar-refractivity contribution in [2.45, 2.75) is 12.8 Å². The first-order valence-corrected chi connectivity index (χ1v) is 4.89. The smallest absolute Gasteiger partial charge is 0.305 e. The molecule has 0 fully saturated rings. The lowest BCUT2D eigenvalue weighted by atomic mass is 10.3. The largest absolute Gasteiger partial charge is 0.469 e. The van der Waals surface area contributed by atoms with Crippen molar-refractivity contribution in [1.29, 1.82) is 0 Å². The van der Waals surface area contributed by atoms with Crippen LogP contribution in [0.5, 0.6) is 0 Å². The van der Waals surface area contributed by atoms with E-state index in [2.05, 4.69) is 16.4 Å². The van der Waals surface area contributed by atoms with Crippen LogP contribution in [0, 0.1) is 0 Å². The number of carbonyl (C=O) groups excluding carboxylic acids is 1. The van der Waals surface area contributed by atoms with E-state index in [9.17, 15) is 4.79 Å². The van der Waals surface area contributed by atoms with Gasteiger partial charge in [-0.3, -0.25) is 4.79 Å². The quantitative estimate of drug-likeness (QED) is 0.322. The molecule has 0 aliphatic heterocycles. The van der Waals surface area contributed by atoms with Crippen LogP contribution in [-0.2, 0) is 9.53 Å². The molecule has 0 unspecified atom stereocenters. The number of thiol groups is 1. The van der Waals surface area contributed by atoms with Crippen molar-refractivity contribution in [1.82, 2.24) is 0 Å². The lowest BCUT2D eigenvalue weighted by molar-refractivity contribution is -0.140. The van der Waals surface area contributed by atoms with E-state index < -0.39 is 0 Å². The summed E-state index contributed by atoms with van der Waals surface area (Å²) in [6, 6.07) is 0. The molecule has 0 bridgehead atoms. The fourth-order valence-electron chi connectivity index (χ4n) is 0.352. The Labute approximate surface area is 74.5 Å². The second-order valence-corrected chi connectivity index (χ2v) is 3.51. The zero-order valence-electron chi connectivity index (χ0n) is 5.49. The summed E-state index contributed by atoms with van der Waals surface area (Å²) in [6.07, 6.45) is 0.916. The number of methoxy groups -OCH3 is 1. The van der Waals surface area contributed by atoms with Gasteiger partial charge in [0.2, 0.25) is 0 Å². The summed E-state index contributed by atoms with van der Waals surface area (Å²) in [7, 11) is 2.56. The number of rotatable bonds is 3. The Bertz CT molecular complexity index is 119. The van der Waals surface area contributed by atoms with Crippen LogP contribution in [0.2, 0.25) is 0 Å². The number of hydrogen-bond acceptors (Lipinski definition) is 5. The zero-order chi connectivity index (χ0) is 7.98. The van der Waals surface area contributed by atoms with E-state index in [0.29, 0.717) is 17.0 Å². The van der Waals surface area contributed by atoms with Crippen LogP contribution in [0.3, 0.4) is 0 Å². The molecule has 5 heteroatoms. The molecule has 10 heavy (non-hydrogen) atoms. The van der Waals surface area contributed by atoms with Crippen LogP contribution in [0.15, 0.2) is 0 Å². The van der Waals surface area contributed by atoms with Crippen molar-refractivity contribution < 1.29 is 9.53 Å². The summed E-state index contributed by atoms with van der Waals surface area (Å²) in [6.45, 7) is 0. The third-order valence-corrected chi connectivity index (χ3v) is 2.76. The van der Waals surface area contributed by atoms with E-state index in [-0.39, 0.29) is 5.97 Å². The summed E-state index contributed by atoms with van der Waals surface area (Å²) in [5.74, 6) is -0.232. The predicted molar refractivity (Wildman–Crippen MR) is 50.4 cm³/mol. The standard InChI is InChI=1S/C5H8O2S3/c1-7-4(6)2-3-5(8)10-9/h9H,2-3H2,1H3. The fourth-order valence-corrected chi connectivity index (χ4v) is 0.921. The summed E-state index contributed by atoms with van der Waals surface area (Å²) in [5, 5.41) is 0. The Hall–Kier alpha value is 0.260. The third kappa shape index (κ3) is 5.08. The minimum absolute atomic E-state index is 0.232. The van der Waals surface area contributed by atoms with E-state index in [1.165, 1.54) is 17.9 Å². The van der Waals surface area contributed by atoms with Gasteiger partial charge in [-0.2, -0.15) is 0 Å². The first-order chi connectivity index (χ1) is 4.70. The van der Waals surface area contributed by atoms with Gasteiger partial charge in [-0.1, -0.05) is 23.0 Å². The van der Waals surface area contributed by atoms with E-state index in [1.54, 1.807) is 0 Å². The molecule has 0 aliphatic carbocycles. The van der Waals surface area contributed by atoms with Crippen molar-refractivity contribution in [2.75, 3.05) is 7.11 Å². The maximum absolute atomic E-state index is 10.5. The molecule has 0 saturated carbocycles. The average Bonchev–Trinajstić information content (AvgIpc) is 1.99. The molecule has 0 saturated heterocycles. The minimum atomic E-state index is -0.232. The van der Waals surface area contributed by atoms with Gasteiger partial charge in [-0.15, -0.1) is 11.7 Å². The van der Waals surface area contributed by atoms with E-state index in [1.807, 2.05) is 0 Å². The van der Waals surface area contributed by atoms with Crippen LogP contribution >= 0.6 is 34.7 Å². The van der Waals surface area contributed by atoms with Gasteiger partial charge in [-0.25, -0.2) is 0 Å². The number of carbonyl (C=O) groups is 1. The molecule has 0 rings (SSSR count). The highest BCUT2D eigenvalue weighted by atomic mass is 33.1. The molecular weight excluding hydrogens is 188 g/mol. The number of hydrogen-bond donors (Lipinski definition) is 1. The van der Waals surface area contributed by atoms with Crippen LogP contribution in [0.25, 0.3) is 0 Å². The Morgan fingerprint density at radius 2 is 2.30 bits per heavy atom. The van der Waals surface area contributed by atoms with Crippen LogP contribution in [-0.4, -0.2) is 17.3 Å². The van der Waals surface area contributed by atoms with E-state index >= 15 is 0 Å². The van der Waals surface area contributed by atoms with Gasteiger partial charge in [0.15, 0.2) is 0 Å². The third-order valence-electron chi connectivity index (χ3n) is 0.863. The van der Waals surface area contributed by atoms with Gasteiger partial charge in [0.05, 0.1) is 17.7 Å². The van der Waals surface area contributed by atoms with Crippen LogP contribution < -0.4 is 0 Å². The zero-order valence-corrected chi connectivity index (χ0v) is 8.02. The highest BCUT2D eigenvalue weighted by Gasteiger charge is 2.01. The Balaban J connectivity index is 3.35. The maximum atomic E-state index is 10.5. The molecule has 0 radical (unpaired) electrons. The normalized spacial score (nSPS) is 9.00. The van der Waals surface area contributed by atoms with Gasteiger partial charge < -0.3 is 4.74 Å². The predicted octanol–water partition coefficient (Wildman–Crippen LogP) is 1.85. The summed E-state index contributed by atoms with van der Waals surface area (Å²) in [5.41, 5.74) is 0. The molecule has 0 aromatic heterocycles. The van der Waals surface area contributed by atoms with Gasteiger partial charge in [0.1, 0.15) is 0 Å². The first kappa shape index (κ1) is 10.3. The molecule has 0 atom stereocenters. The van der Waals surface area contributed by atoms with Gasteiger partial charge in [0.25, 0.3) is 0 Å². The lowest BCUT2D eigenvalue weighted by Crippen LogP contribution is -2.01. The van der Waals surface area contributed by atoms with Crippen molar-refractivity contribution in [3.8, 4) is 0 Å². The lowest BCUT2D eigenvalue weighted by Gasteiger charge is -1.96.